The van der Waals surface area contributed by atoms with Crippen molar-refractivity contribution in [1.29, 1.82) is 0 Å². The van der Waals surface area contributed by atoms with E-state index in [0.29, 0.717) is 19.6 Å². The fourth-order valence-electron chi connectivity index (χ4n) is 2.67. The van der Waals surface area contributed by atoms with E-state index in [1.807, 2.05) is 56.4 Å². The lowest BCUT2D eigenvalue weighted by molar-refractivity contribution is -0.130. The van der Waals surface area contributed by atoms with Crippen LogP contribution in [0.15, 0.2) is 48.5 Å². The van der Waals surface area contributed by atoms with Gasteiger partial charge in [-0.2, -0.15) is 0 Å². The standard InChI is InChI=1S/C21H24N2O2S/c1-16-10-12-17(13-11-16)25-15-14-23(2)21(24)9-5-8-20-22-18-6-3-4-7-19(18)26-20/h3-4,6-7,10-13H,5,8-9,14-15H2,1-2H3. The third-order valence-electron chi connectivity index (χ3n) is 4.26. The molecule has 0 aliphatic carbocycles. The van der Waals surface area contributed by atoms with E-state index < -0.39 is 0 Å². The molecule has 0 bridgehead atoms. The SMILES string of the molecule is Cc1ccc(OCCN(C)C(=O)CCCc2nc3ccccc3s2)cc1. The molecule has 0 fully saturated rings. The number of benzene rings is 2. The first-order chi connectivity index (χ1) is 12.6. The average Bonchev–Trinajstić information content (AvgIpc) is 3.06. The van der Waals surface area contributed by atoms with Gasteiger partial charge in [0.05, 0.1) is 21.8 Å². The maximum Gasteiger partial charge on any atom is 0.222 e. The molecule has 3 rings (SSSR count). The number of ether oxygens (including phenoxy) is 1. The van der Waals surface area contributed by atoms with E-state index in [0.717, 1.165) is 29.1 Å². The predicted octanol–water partition coefficient (Wildman–Crippen LogP) is 4.46. The summed E-state index contributed by atoms with van der Waals surface area (Å²) in [7, 11) is 1.83. The Bertz CT molecular complexity index is 825. The van der Waals surface area contributed by atoms with Gasteiger partial charge in [-0.3, -0.25) is 4.79 Å². The van der Waals surface area contributed by atoms with Gasteiger partial charge < -0.3 is 9.64 Å². The summed E-state index contributed by atoms with van der Waals surface area (Å²) in [5.41, 5.74) is 2.25. The molecule has 5 heteroatoms. The lowest BCUT2D eigenvalue weighted by Gasteiger charge is -2.17. The maximum absolute atomic E-state index is 12.2. The van der Waals surface area contributed by atoms with Crippen LogP contribution in [-0.2, 0) is 11.2 Å². The number of carbonyl (C=O) groups excluding carboxylic acids is 1. The van der Waals surface area contributed by atoms with Crippen molar-refractivity contribution in [1.82, 2.24) is 9.88 Å². The number of hydrogen-bond acceptors (Lipinski definition) is 4. The Kier molecular flexibility index (Phi) is 6.23. The van der Waals surface area contributed by atoms with Gasteiger partial charge in [-0.25, -0.2) is 4.98 Å². The smallest absolute Gasteiger partial charge is 0.222 e. The minimum absolute atomic E-state index is 0.151. The van der Waals surface area contributed by atoms with E-state index in [2.05, 4.69) is 11.1 Å². The molecule has 0 aliphatic heterocycles. The highest BCUT2D eigenvalue weighted by Crippen LogP contribution is 2.22. The number of aromatic nitrogens is 1. The van der Waals surface area contributed by atoms with Crippen LogP contribution in [0.25, 0.3) is 10.2 Å². The molecule has 0 atom stereocenters. The van der Waals surface area contributed by atoms with Crippen molar-refractivity contribution in [3.05, 3.63) is 59.1 Å². The largest absolute Gasteiger partial charge is 0.492 e. The van der Waals surface area contributed by atoms with Crippen LogP contribution < -0.4 is 4.74 Å². The highest BCUT2D eigenvalue weighted by Gasteiger charge is 2.10. The summed E-state index contributed by atoms with van der Waals surface area (Å²) in [6, 6.07) is 16.1. The highest BCUT2D eigenvalue weighted by molar-refractivity contribution is 7.18. The molecular formula is C21H24N2O2S. The zero-order valence-corrected chi connectivity index (χ0v) is 16.1. The molecule has 0 aliphatic rings. The van der Waals surface area contributed by atoms with Crippen LogP contribution in [0.3, 0.4) is 0 Å². The fraction of sp³-hybridized carbons (Fsp3) is 0.333. The number of rotatable bonds is 8. The van der Waals surface area contributed by atoms with Crippen LogP contribution in [0.5, 0.6) is 5.75 Å². The molecule has 26 heavy (non-hydrogen) atoms. The average molecular weight is 369 g/mol. The van der Waals surface area contributed by atoms with Crippen LogP contribution in [0.2, 0.25) is 0 Å². The number of carbonyl (C=O) groups is 1. The topological polar surface area (TPSA) is 42.4 Å². The first kappa shape index (κ1) is 18.4. The van der Waals surface area contributed by atoms with Crippen molar-refractivity contribution in [3.8, 4) is 5.75 Å². The zero-order valence-electron chi connectivity index (χ0n) is 15.3. The van der Waals surface area contributed by atoms with E-state index in [1.165, 1.54) is 10.3 Å². The van der Waals surface area contributed by atoms with E-state index in [9.17, 15) is 4.79 Å². The molecule has 1 heterocycles. The Morgan fingerprint density at radius 2 is 1.92 bits per heavy atom. The number of nitrogens with zero attached hydrogens (tertiary/aromatic N) is 2. The van der Waals surface area contributed by atoms with Crippen molar-refractivity contribution in [2.45, 2.75) is 26.2 Å². The number of likely N-dealkylation sites (N-methyl/N-ethyl adjacent to an activating group) is 1. The van der Waals surface area contributed by atoms with Gasteiger partial charge in [-0.05, 0) is 44.0 Å². The highest BCUT2D eigenvalue weighted by atomic mass is 32.1. The Morgan fingerprint density at radius 1 is 1.15 bits per heavy atom. The van der Waals surface area contributed by atoms with Gasteiger partial charge in [0, 0.05) is 13.5 Å². The molecule has 1 aromatic heterocycles. The number of aryl methyl sites for hydroxylation is 2. The number of hydrogen-bond donors (Lipinski definition) is 0. The van der Waals surface area contributed by atoms with Crippen LogP contribution >= 0.6 is 11.3 Å². The molecule has 0 radical (unpaired) electrons. The first-order valence-electron chi connectivity index (χ1n) is 8.90. The van der Waals surface area contributed by atoms with E-state index >= 15 is 0 Å². The summed E-state index contributed by atoms with van der Waals surface area (Å²) in [6.07, 6.45) is 2.21. The van der Waals surface area contributed by atoms with Gasteiger partial charge in [0.1, 0.15) is 12.4 Å². The quantitative estimate of drug-likeness (QED) is 0.589. The molecular weight excluding hydrogens is 344 g/mol. The van der Waals surface area contributed by atoms with E-state index in [-0.39, 0.29) is 5.91 Å². The van der Waals surface area contributed by atoms with Gasteiger partial charge in [0.25, 0.3) is 0 Å². The maximum atomic E-state index is 12.2. The fourth-order valence-corrected chi connectivity index (χ4v) is 3.68. The zero-order chi connectivity index (χ0) is 18.4. The van der Waals surface area contributed by atoms with Gasteiger partial charge in [-0.15, -0.1) is 11.3 Å². The Morgan fingerprint density at radius 3 is 2.69 bits per heavy atom. The number of para-hydroxylation sites is 1. The molecule has 0 saturated heterocycles. The second-order valence-electron chi connectivity index (χ2n) is 6.41. The van der Waals surface area contributed by atoms with E-state index in [1.54, 1.807) is 16.2 Å². The van der Waals surface area contributed by atoms with Crippen molar-refractivity contribution in [2.24, 2.45) is 0 Å². The lowest BCUT2D eigenvalue weighted by Crippen LogP contribution is -2.30. The molecule has 0 N–H and O–H groups in total. The minimum atomic E-state index is 0.151. The normalized spacial score (nSPS) is 10.8. The molecule has 3 aromatic rings. The van der Waals surface area contributed by atoms with Crippen molar-refractivity contribution < 1.29 is 9.53 Å². The summed E-state index contributed by atoms with van der Waals surface area (Å²) in [6.45, 7) is 3.14. The predicted molar refractivity (Wildman–Crippen MR) is 107 cm³/mol. The molecule has 2 aromatic carbocycles. The number of amides is 1. The van der Waals surface area contributed by atoms with Crippen LogP contribution in [0.1, 0.15) is 23.4 Å². The Hall–Kier alpha value is -2.40. The van der Waals surface area contributed by atoms with Gasteiger partial charge in [-0.1, -0.05) is 29.8 Å². The first-order valence-corrected chi connectivity index (χ1v) is 9.71. The second kappa shape index (κ2) is 8.81. The molecule has 1 amide bonds. The molecule has 0 saturated carbocycles. The molecule has 0 unspecified atom stereocenters. The van der Waals surface area contributed by atoms with Crippen LogP contribution in [-0.4, -0.2) is 36.0 Å². The Labute approximate surface area is 158 Å². The second-order valence-corrected chi connectivity index (χ2v) is 7.52. The van der Waals surface area contributed by atoms with Crippen molar-refractivity contribution in [2.75, 3.05) is 20.2 Å². The lowest BCUT2D eigenvalue weighted by atomic mass is 10.2. The van der Waals surface area contributed by atoms with Crippen LogP contribution in [0, 0.1) is 6.92 Å². The summed E-state index contributed by atoms with van der Waals surface area (Å²) in [4.78, 5) is 18.6. The summed E-state index contributed by atoms with van der Waals surface area (Å²) < 4.78 is 6.89. The van der Waals surface area contributed by atoms with Gasteiger partial charge >= 0.3 is 0 Å². The number of fused-ring (bicyclic) bond motifs is 1. The molecule has 4 nitrogen and oxygen atoms in total. The minimum Gasteiger partial charge on any atom is -0.492 e. The molecule has 0 spiro atoms. The monoisotopic (exact) mass is 368 g/mol. The molecule has 136 valence electrons. The van der Waals surface area contributed by atoms with Crippen molar-refractivity contribution in [3.63, 3.8) is 0 Å². The van der Waals surface area contributed by atoms with E-state index in [4.69, 9.17) is 4.74 Å². The Balaban J connectivity index is 1.37. The summed E-state index contributed by atoms with van der Waals surface area (Å²) in [5, 5.41) is 1.10. The van der Waals surface area contributed by atoms with Gasteiger partial charge in [0.2, 0.25) is 5.91 Å². The van der Waals surface area contributed by atoms with Gasteiger partial charge in [0.15, 0.2) is 0 Å². The van der Waals surface area contributed by atoms with Crippen LogP contribution in [0.4, 0.5) is 0 Å². The summed E-state index contributed by atoms with van der Waals surface area (Å²) in [5.74, 6) is 0.992. The van der Waals surface area contributed by atoms with Crippen molar-refractivity contribution >= 4 is 27.5 Å². The summed E-state index contributed by atoms with van der Waals surface area (Å²) >= 11 is 1.71. The third-order valence-corrected chi connectivity index (χ3v) is 5.36. The number of thiazole rings is 1. The third kappa shape index (κ3) is 5.05.